The van der Waals surface area contributed by atoms with Gasteiger partial charge < -0.3 is 10.2 Å². The second-order valence-electron chi connectivity index (χ2n) is 5.39. The lowest BCUT2D eigenvalue weighted by molar-refractivity contribution is -0.121. The van der Waals surface area contributed by atoms with Crippen LogP contribution in [0.3, 0.4) is 0 Å². The summed E-state index contributed by atoms with van der Waals surface area (Å²) in [6.45, 7) is 1.87. The van der Waals surface area contributed by atoms with Crippen LogP contribution in [0.25, 0.3) is 0 Å². The number of para-hydroxylation sites is 1. The van der Waals surface area contributed by atoms with E-state index in [-0.39, 0.29) is 37.1 Å². The monoisotopic (exact) mass is 382 g/mol. The maximum absolute atomic E-state index is 12.9. The molecular weight excluding hydrogens is 366 g/mol. The molecule has 0 aliphatic rings. The molecule has 0 atom stereocenters. The van der Waals surface area contributed by atoms with Crippen LogP contribution in [0, 0.1) is 5.82 Å². The molecule has 2 aromatic carbocycles. The number of benzene rings is 2. The van der Waals surface area contributed by atoms with Gasteiger partial charge in [0.05, 0.1) is 22.2 Å². The molecule has 0 heterocycles. The fraction of sp³-hybridized carbons (Fsp3) is 0.222. The summed E-state index contributed by atoms with van der Waals surface area (Å²) in [6.07, 6.45) is 0.132. The highest BCUT2D eigenvalue weighted by Crippen LogP contribution is 2.33. The van der Waals surface area contributed by atoms with Crippen molar-refractivity contribution in [3.8, 4) is 0 Å². The minimum Gasteiger partial charge on any atom is -0.354 e. The quantitative estimate of drug-likeness (QED) is 0.824. The SMILES string of the molecule is CC(=O)N(CCNC(=O)Cc1ccc(F)cc1)c1c(Cl)cccc1Cl. The Morgan fingerprint density at radius 2 is 1.68 bits per heavy atom. The molecule has 25 heavy (non-hydrogen) atoms. The molecule has 0 fully saturated rings. The standard InChI is InChI=1S/C18H17Cl2FN2O2/c1-12(24)23(18-15(19)3-2-4-16(18)20)10-9-22-17(25)11-13-5-7-14(21)8-6-13/h2-8H,9-11H2,1H3,(H,22,25). The average Bonchev–Trinajstić information content (AvgIpc) is 2.55. The van der Waals surface area contributed by atoms with Crippen LogP contribution in [-0.4, -0.2) is 24.9 Å². The Morgan fingerprint density at radius 3 is 2.24 bits per heavy atom. The number of carbonyl (C=O) groups excluding carboxylic acids is 2. The molecule has 0 spiro atoms. The van der Waals surface area contributed by atoms with E-state index in [1.165, 1.54) is 24.0 Å². The summed E-state index contributed by atoms with van der Waals surface area (Å²) in [7, 11) is 0. The van der Waals surface area contributed by atoms with Gasteiger partial charge in [-0.25, -0.2) is 4.39 Å². The van der Waals surface area contributed by atoms with Gasteiger partial charge in [0.1, 0.15) is 5.82 Å². The van der Waals surface area contributed by atoms with Crippen molar-refractivity contribution >= 4 is 40.7 Å². The van der Waals surface area contributed by atoms with Crippen molar-refractivity contribution in [2.24, 2.45) is 0 Å². The van der Waals surface area contributed by atoms with E-state index < -0.39 is 0 Å². The highest BCUT2D eigenvalue weighted by Gasteiger charge is 2.18. The molecule has 132 valence electrons. The van der Waals surface area contributed by atoms with E-state index in [1.807, 2.05) is 0 Å². The lowest BCUT2D eigenvalue weighted by Gasteiger charge is -2.23. The number of anilines is 1. The van der Waals surface area contributed by atoms with Gasteiger partial charge in [-0.15, -0.1) is 0 Å². The summed E-state index contributed by atoms with van der Waals surface area (Å²) in [5.74, 6) is -0.805. The summed E-state index contributed by atoms with van der Waals surface area (Å²) in [6, 6.07) is 10.7. The normalized spacial score (nSPS) is 10.4. The van der Waals surface area contributed by atoms with E-state index in [0.717, 1.165) is 0 Å². The van der Waals surface area contributed by atoms with Gasteiger partial charge in [0, 0.05) is 20.0 Å². The number of nitrogens with one attached hydrogen (secondary N) is 1. The second-order valence-corrected chi connectivity index (χ2v) is 6.21. The zero-order valence-corrected chi connectivity index (χ0v) is 15.1. The van der Waals surface area contributed by atoms with Crippen LogP contribution in [-0.2, 0) is 16.0 Å². The molecule has 0 bridgehead atoms. The molecule has 0 unspecified atom stereocenters. The Bertz CT molecular complexity index is 746. The van der Waals surface area contributed by atoms with Crippen LogP contribution in [0.4, 0.5) is 10.1 Å². The van der Waals surface area contributed by atoms with Gasteiger partial charge in [0.25, 0.3) is 0 Å². The second kappa shape index (κ2) is 8.83. The van der Waals surface area contributed by atoms with Gasteiger partial charge in [-0.3, -0.25) is 9.59 Å². The smallest absolute Gasteiger partial charge is 0.224 e. The van der Waals surface area contributed by atoms with E-state index in [1.54, 1.807) is 30.3 Å². The zero-order valence-electron chi connectivity index (χ0n) is 13.6. The number of hydrogen-bond donors (Lipinski definition) is 1. The van der Waals surface area contributed by atoms with Crippen LogP contribution >= 0.6 is 23.2 Å². The molecule has 0 aromatic heterocycles. The van der Waals surface area contributed by atoms with Crippen LogP contribution in [0.1, 0.15) is 12.5 Å². The summed E-state index contributed by atoms with van der Waals surface area (Å²) >= 11 is 12.3. The van der Waals surface area contributed by atoms with Crippen molar-refractivity contribution in [1.82, 2.24) is 5.32 Å². The van der Waals surface area contributed by atoms with Crippen LogP contribution in [0.5, 0.6) is 0 Å². The molecule has 0 saturated heterocycles. The summed E-state index contributed by atoms with van der Waals surface area (Å²) in [5, 5.41) is 3.45. The van der Waals surface area contributed by atoms with Crippen LogP contribution < -0.4 is 10.2 Å². The molecule has 2 amide bonds. The number of halogens is 3. The van der Waals surface area contributed by atoms with E-state index in [0.29, 0.717) is 21.3 Å². The van der Waals surface area contributed by atoms with Gasteiger partial charge in [-0.1, -0.05) is 41.4 Å². The fourth-order valence-electron chi connectivity index (χ4n) is 2.33. The maximum atomic E-state index is 12.9. The largest absolute Gasteiger partial charge is 0.354 e. The molecule has 0 aliphatic carbocycles. The Balaban J connectivity index is 1.94. The molecule has 2 aromatic rings. The first-order valence-electron chi connectivity index (χ1n) is 7.61. The summed E-state index contributed by atoms with van der Waals surface area (Å²) in [5.41, 5.74) is 1.13. The Hall–Kier alpha value is -2.11. The van der Waals surface area contributed by atoms with Crippen LogP contribution in [0.15, 0.2) is 42.5 Å². The fourth-order valence-corrected chi connectivity index (χ4v) is 2.93. The predicted octanol–water partition coefficient (Wildman–Crippen LogP) is 3.84. The van der Waals surface area contributed by atoms with Crippen molar-refractivity contribution in [2.45, 2.75) is 13.3 Å². The first-order chi connectivity index (χ1) is 11.9. The Morgan fingerprint density at radius 1 is 1.08 bits per heavy atom. The van der Waals surface area contributed by atoms with Crippen LogP contribution in [0.2, 0.25) is 10.0 Å². The third-order valence-corrected chi connectivity index (χ3v) is 4.13. The van der Waals surface area contributed by atoms with Gasteiger partial charge in [-0.05, 0) is 29.8 Å². The first kappa shape index (κ1) is 19.2. The zero-order chi connectivity index (χ0) is 18.4. The average molecular weight is 383 g/mol. The Labute approximate surface area is 155 Å². The van der Waals surface area contributed by atoms with E-state index in [4.69, 9.17) is 23.2 Å². The third-order valence-electron chi connectivity index (χ3n) is 3.52. The lowest BCUT2D eigenvalue weighted by Crippen LogP contribution is -2.38. The number of hydrogen-bond acceptors (Lipinski definition) is 2. The van der Waals surface area contributed by atoms with Gasteiger partial charge in [-0.2, -0.15) is 0 Å². The lowest BCUT2D eigenvalue weighted by atomic mass is 10.1. The maximum Gasteiger partial charge on any atom is 0.224 e. The topological polar surface area (TPSA) is 49.4 Å². The third kappa shape index (κ3) is 5.44. The van der Waals surface area contributed by atoms with E-state index >= 15 is 0 Å². The van der Waals surface area contributed by atoms with Gasteiger partial charge >= 0.3 is 0 Å². The molecule has 1 N–H and O–H groups in total. The highest BCUT2D eigenvalue weighted by molar-refractivity contribution is 6.39. The van der Waals surface area contributed by atoms with Gasteiger partial charge in [0.15, 0.2) is 0 Å². The Kier molecular flexibility index (Phi) is 6.79. The van der Waals surface area contributed by atoms with Crippen molar-refractivity contribution in [2.75, 3.05) is 18.0 Å². The molecule has 4 nitrogen and oxygen atoms in total. The summed E-state index contributed by atoms with van der Waals surface area (Å²) < 4.78 is 12.9. The van der Waals surface area contributed by atoms with Crippen molar-refractivity contribution < 1.29 is 14.0 Å². The van der Waals surface area contributed by atoms with E-state index in [9.17, 15) is 14.0 Å². The number of carbonyl (C=O) groups is 2. The highest BCUT2D eigenvalue weighted by atomic mass is 35.5. The molecular formula is C18H17Cl2FN2O2. The predicted molar refractivity (Wildman–Crippen MR) is 97.6 cm³/mol. The van der Waals surface area contributed by atoms with E-state index in [2.05, 4.69) is 5.32 Å². The van der Waals surface area contributed by atoms with Crippen molar-refractivity contribution in [3.05, 3.63) is 63.9 Å². The minimum atomic E-state index is -0.349. The molecule has 7 heteroatoms. The minimum absolute atomic E-state index is 0.132. The summed E-state index contributed by atoms with van der Waals surface area (Å²) in [4.78, 5) is 25.3. The molecule has 0 saturated carbocycles. The van der Waals surface area contributed by atoms with Crippen molar-refractivity contribution in [3.63, 3.8) is 0 Å². The van der Waals surface area contributed by atoms with Gasteiger partial charge in [0.2, 0.25) is 11.8 Å². The number of amides is 2. The first-order valence-corrected chi connectivity index (χ1v) is 8.37. The number of nitrogens with zero attached hydrogens (tertiary/aromatic N) is 1. The van der Waals surface area contributed by atoms with Crippen molar-refractivity contribution in [1.29, 1.82) is 0 Å². The molecule has 0 aliphatic heterocycles. The molecule has 2 rings (SSSR count). The number of rotatable bonds is 6. The molecule has 0 radical (unpaired) electrons.